The van der Waals surface area contributed by atoms with E-state index >= 15 is 0 Å². The molecule has 2 heterocycles. The summed E-state index contributed by atoms with van der Waals surface area (Å²) < 4.78 is 5.25. The number of aromatic nitrogens is 1. The van der Waals surface area contributed by atoms with Crippen molar-refractivity contribution in [3.63, 3.8) is 0 Å². The van der Waals surface area contributed by atoms with Crippen LogP contribution < -0.4 is 5.32 Å². The van der Waals surface area contributed by atoms with Gasteiger partial charge in [-0.1, -0.05) is 30.3 Å². The van der Waals surface area contributed by atoms with Crippen LogP contribution >= 0.6 is 0 Å². The molecule has 0 aliphatic carbocycles. The number of carbonyl (C=O) groups is 2. The van der Waals surface area contributed by atoms with Crippen LogP contribution in [0.1, 0.15) is 12.0 Å². The van der Waals surface area contributed by atoms with Crippen LogP contribution in [-0.2, 0) is 16.1 Å². The van der Waals surface area contributed by atoms with Gasteiger partial charge < -0.3 is 14.6 Å². The molecular weight excluding hydrogens is 342 g/mol. The number of anilines is 1. The summed E-state index contributed by atoms with van der Waals surface area (Å²) in [5.74, 6) is 0.215. The van der Waals surface area contributed by atoms with E-state index in [0.29, 0.717) is 24.5 Å². The van der Waals surface area contributed by atoms with E-state index < -0.39 is 0 Å². The molecule has 1 aromatic heterocycles. The van der Waals surface area contributed by atoms with Gasteiger partial charge in [-0.2, -0.15) is 0 Å². The van der Waals surface area contributed by atoms with Gasteiger partial charge in [0.1, 0.15) is 0 Å². The van der Waals surface area contributed by atoms with E-state index in [1.54, 1.807) is 11.1 Å². The number of nitrogens with one attached hydrogen (secondary N) is 1. The van der Waals surface area contributed by atoms with Crippen molar-refractivity contribution < 1.29 is 14.0 Å². The Morgan fingerprint density at radius 2 is 1.93 bits per heavy atom. The van der Waals surface area contributed by atoms with Crippen LogP contribution in [0.4, 0.5) is 5.69 Å². The number of nitrogens with zero attached hydrogens (tertiary/aromatic N) is 2. The summed E-state index contributed by atoms with van der Waals surface area (Å²) in [4.78, 5) is 30.4. The van der Waals surface area contributed by atoms with Crippen molar-refractivity contribution in [3.05, 3.63) is 72.8 Å². The van der Waals surface area contributed by atoms with E-state index in [0.717, 1.165) is 11.1 Å². The van der Waals surface area contributed by atoms with Gasteiger partial charge in [0, 0.05) is 30.8 Å². The third kappa shape index (κ3) is 3.89. The number of rotatable bonds is 5. The molecule has 6 nitrogen and oxygen atoms in total. The summed E-state index contributed by atoms with van der Waals surface area (Å²) in [6.07, 6.45) is 3.26. The minimum atomic E-state index is -0.338. The number of benzene rings is 2. The van der Waals surface area contributed by atoms with Crippen molar-refractivity contribution in [2.24, 2.45) is 5.92 Å². The Hall–Kier alpha value is -3.41. The lowest BCUT2D eigenvalue weighted by molar-refractivity contribution is -0.128. The summed E-state index contributed by atoms with van der Waals surface area (Å²) >= 11 is 0. The second-order valence-corrected chi connectivity index (χ2v) is 6.59. The van der Waals surface area contributed by atoms with E-state index in [9.17, 15) is 9.59 Å². The second kappa shape index (κ2) is 7.45. The molecule has 1 aliphatic heterocycles. The predicted octanol–water partition coefficient (Wildman–Crippen LogP) is 3.33. The van der Waals surface area contributed by atoms with Crippen LogP contribution in [0.2, 0.25) is 0 Å². The molecule has 1 fully saturated rings. The molecule has 0 saturated carbocycles. The Morgan fingerprint density at radius 1 is 1.15 bits per heavy atom. The van der Waals surface area contributed by atoms with E-state index in [1.807, 2.05) is 54.6 Å². The minimum Gasteiger partial charge on any atom is -0.444 e. The van der Waals surface area contributed by atoms with Gasteiger partial charge in [-0.25, -0.2) is 4.98 Å². The van der Waals surface area contributed by atoms with Gasteiger partial charge in [0.25, 0.3) is 0 Å². The predicted molar refractivity (Wildman–Crippen MR) is 101 cm³/mol. The number of amides is 2. The van der Waals surface area contributed by atoms with Crippen LogP contribution in [0.25, 0.3) is 11.3 Å². The lowest BCUT2D eigenvalue weighted by Gasteiger charge is -2.16. The molecule has 2 aromatic carbocycles. The normalized spacial score (nSPS) is 16.5. The summed E-state index contributed by atoms with van der Waals surface area (Å²) in [6, 6.07) is 17.1. The monoisotopic (exact) mass is 361 g/mol. The second-order valence-electron chi connectivity index (χ2n) is 6.59. The first-order valence-corrected chi connectivity index (χ1v) is 8.80. The van der Waals surface area contributed by atoms with Crippen LogP contribution in [0.3, 0.4) is 0 Å². The molecule has 0 bridgehead atoms. The molecule has 1 atom stereocenters. The zero-order chi connectivity index (χ0) is 18.6. The molecule has 27 heavy (non-hydrogen) atoms. The topological polar surface area (TPSA) is 75.4 Å². The molecule has 0 radical (unpaired) electrons. The molecule has 2 amide bonds. The molecular formula is C21H19N3O3. The van der Waals surface area contributed by atoms with Gasteiger partial charge in [0.15, 0.2) is 12.2 Å². The highest BCUT2D eigenvalue weighted by molar-refractivity contribution is 5.97. The Kier molecular flexibility index (Phi) is 4.70. The Morgan fingerprint density at radius 3 is 2.63 bits per heavy atom. The molecule has 4 rings (SSSR count). The first-order valence-electron chi connectivity index (χ1n) is 8.80. The Balaban J connectivity index is 1.36. The fourth-order valence-electron chi connectivity index (χ4n) is 3.22. The third-order valence-corrected chi connectivity index (χ3v) is 4.67. The van der Waals surface area contributed by atoms with Crippen molar-refractivity contribution >= 4 is 17.5 Å². The first-order chi connectivity index (χ1) is 13.2. The maximum absolute atomic E-state index is 12.6. The zero-order valence-electron chi connectivity index (χ0n) is 14.7. The number of likely N-dealkylation sites (tertiary alicyclic amines) is 1. The maximum Gasteiger partial charge on any atom is 0.229 e. The highest BCUT2D eigenvalue weighted by Gasteiger charge is 2.34. The highest BCUT2D eigenvalue weighted by Crippen LogP contribution is 2.24. The van der Waals surface area contributed by atoms with Crippen molar-refractivity contribution in [1.29, 1.82) is 0 Å². The van der Waals surface area contributed by atoms with E-state index in [1.165, 1.54) is 6.39 Å². The van der Waals surface area contributed by atoms with Crippen LogP contribution in [-0.4, -0.2) is 28.2 Å². The van der Waals surface area contributed by atoms with Crippen LogP contribution in [0.15, 0.2) is 71.6 Å². The molecule has 1 unspecified atom stereocenters. The molecule has 1 aliphatic rings. The fourth-order valence-corrected chi connectivity index (χ4v) is 3.22. The molecule has 3 aromatic rings. The average molecular weight is 361 g/mol. The Labute approximate surface area is 156 Å². The van der Waals surface area contributed by atoms with E-state index in [4.69, 9.17) is 4.42 Å². The SMILES string of the molecule is O=C(Nc1ccc(-c2cnco2)cc1)C1CC(=O)N(Cc2ccccc2)C1. The highest BCUT2D eigenvalue weighted by atomic mass is 16.3. The van der Waals surface area contributed by atoms with Gasteiger partial charge in [-0.3, -0.25) is 9.59 Å². The van der Waals surface area contributed by atoms with E-state index in [2.05, 4.69) is 10.3 Å². The summed E-state index contributed by atoms with van der Waals surface area (Å²) in [5.41, 5.74) is 2.64. The number of hydrogen-bond acceptors (Lipinski definition) is 4. The van der Waals surface area contributed by atoms with Crippen molar-refractivity contribution in [2.45, 2.75) is 13.0 Å². The standard InChI is InChI=1S/C21H19N3O3/c25-20-10-17(13-24(20)12-15-4-2-1-3-5-15)21(26)23-18-8-6-16(7-9-18)19-11-22-14-27-19/h1-9,11,14,17H,10,12-13H2,(H,23,26). The zero-order valence-corrected chi connectivity index (χ0v) is 14.7. The molecule has 6 heteroatoms. The van der Waals surface area contributed by atoms with Crippen LogP contribution in [0.5, 0.6) is 0 Å². The third-order valence-electron chi connectivity index (χ3n) is 4.67. The van der Waals surface area contributed by atoms with Gasteiger partial charge >= 0.3 is 0 Å². The quantitative estimate of drug-likeness (QED) is 0.756. The van der Waals surface area contributed by atoms with Crippen molar-refractivity contribution in [1.82, 2.24) is 9.88 Å². The molecule has 0 spiro atoms. The number of hydrogen-bond donors (Lipinski definition) is 1. The van der Waals surface area contributed by atoms with Gasteiger partial charge in [0.2, 0.25) is 11.8 Å². The largest absolute Gasteiger partial charge is 0.444 e. The van der Waals surface area contributed by atoms with E-state index in [-0.39, 0.29) is 24.2 Å². The van der Waals surface area contributed by atoms with Gasteiger partial charge in [0.05, 0.1) is 12.1 Å². The van der Waals surface area contributed by atoms with Crippen LogP contribution in [0, 0.1) is 5.92 Å². The Bertz CT molecular complexity index is 921. The lowest BCUT2D eigenvalue weighted by atomic mass is 10.1. The maximum atomic E-state index is 12.6. The number of oxazole rings is 1. The molecule has 1 N–H and O–H groups in total. The fraction of sp³-hybridized carbons (Fsp3) is 0.190. The number of carbonyl (C=O) groups excluding carboxylic acids is 2. The molecule has 1 saturated heterocycles. The summed E-state index contributed by atoms with van der Waals surface area (Å²) in [5, 5.41) is 2.90. The summed E-state index contributed by atoms with van der Waals surface area (Å²) in [7, 11) is 0. The van der Waals surface area contributed by atoms with Crippen molar-refractivity contribution in [3.8, 4) is 11.3 Å². The molecule has 136 valence electrons. The lowest BCUT2D eigenvalue weighted by Crippen LogP contribution is -2.28. The minimum absolute atomic E-state index is 0.0136. The van der Waals surface area contributed by atoms with Gasteiger partial charge in [-0.05, 0) is 29.8 Å². The summed E-state index contributed by atoms with van der Waals surface area (Å²) in [6.45, 7) is 0.977. The first kappa shape index (κ1) is 17.0. The van der Waals surface area contributed by atoms with Crippen molar-refractivity contribution in [2.75, 3.05) is 11.9 Å². The average Bonchev–Trinajstić information content (AvgIpc) is 3.34. The van der Waals surface area contributed by atoms with Gasteiger partial charge in [-0.15, -0.1) is 0 Å². The smallest absolute Gasteiger partial charge is 0.229 e.